The lowest BCUT2D eigenvalue weighted by Crippen LogP contribution is -2.38. The smallest absolute Gasteiger partial charge is 0.226 e. The second-order valence-electron chi connectivity index (χ2n) is 4.16. The number of nitrogens with zero attached hydrogens (tertiary/aromatic N) is 3. The standard InChI is InChI=1S/C10H13ClN6.ClH/c11-10-15-8(7-5-13-17-9(7)16-10)14-6-2-1-3-12-4-6;/h5-6,12H,1-4H2,(H2,13,14,15,16,17);1H/t6-;/m1./s1. The number of nitrogens with one attached hydrogen (secondary N) is 3. The maximum Gasteiger partial charge on any atom is 0.226 e. The van der Waals surface area contributed by atoms with Crippen LogP contribution >= 0.6 is 24.0 Å². The third-order valence-electron chi connectivity index (χ3n) is 2.92. The van der Waals surface area contributed by atoms with Crippen LogP contribution in [0.3, 0.4) is 0 Å². The van der Waals surface area contributed by atoms with Gasteiger partial charge in [-0.1, -0.05) is 0 Å². The normalized spacial score (nSPS) is 19.5. The van der Waals surface area contributed by atoms with Gasteiger partial charge in [-0.3, -0.25) is 5.10 Å². The molecule has 2 aromatic heterocycles. The lowest BCUT2D eigenvalue weighted by atomic mass is 10.1. The molecule has 8 heteroatoms. The number of hydrogen-bond donors (Lipinski definition) is 3. The topological polar surface area (TPSA) is 78.5 Å². The summed E-state index contributed by atoms with van der Waals surface area (Å²) in [6.45, 7) is 2.03. The maximum atomic E-state index is 5.87. The van der Waals surface area contributed by atoms with Crippen LogP contribution in [0, 0.1) is 0 Å². The molecule has 3 rings (SSSR count). The van der Waals surface area contributed by atoms with E-state index in [1.807, 2.05) is 0 Å². The number of anilines is 1. The Balaban J connectivity index is 0.00000120. The van der Waals surface area contributed by atoms with Gasteiger partial charge in [0, 0.05) is 12.6 Å². The Bertz CT molecular complexity index is 522. The summed E-state index contributed by atoms with van der Waals surface area (Å²) in [4.78, 5) is 8.29. The molecule has 6 nitrogen and oxygen atoms in total. The molecule has 1 aliphatic rings. The highest BCUT2D eigenvalue weighted by Gasteiger charge is 2.16. The van der Waals surface area contributed by atoms with E-state index >= 15 is 0 Å². The first kappa shape index (κ1) is 13.3. The van der Waals surface area contributed by atoms with Crippen LogP contribution < -0.4 is 10.6 Å². The van der Waals surface area contributed by atoms with Crippen LogP contribution in [0.5, 0.6) is 0 Å². The minimum Gasteiger partial charge on any atom is -0.365 e. The van der Waals surface area contributed by atoms with Crippen LogP contribution in [0.4, 0.5) is 5.82 Å². The molecule has 1 fully saturated rings. The predicted molar refractivity (Wildman–Crippen MR) is 73.5 cm³/mol. The molecule has 1 saturated heterocycles. The molecule has 0 unspecified atom stereocenters. The average molecular weight is 289 g/mol. The van der Waals surface area contributed by atoms with Gasteiger partial charge < -0.3 is 10.6 Å². The van der Waals surface area contributed by atoms with E-state index in [0.29, 0.717) is 11.7 Å². The monoisotopic (exact) mass is 288 g/mol. The summed E-state index contributed by atoms with van der Waals surface area (Å²) in [6.07, 6.45) is 4.02. The molecule has 98 valence electrons. The number of H-pyrrole nitrogens is 1. The van der Waals surface area contributed by atoms with E-state index in [2.05, 4.69) is 30.8 Å². The van der Waals surface area contributed by atoms with Crippen LogP contribution in [0.25, 0.3) is 11.0 Å². The Kier molecular flexibility index (Phi) is 4.21. The van der Waals surface area contributed by atoms with Gasteiger partial charge in [0.2, 0.25) is 5.28 Å². The zero-order valence-corrected chi connectivity index (χ0v) is 11.2. The lowest BCUT2D eigenvalue weighted by molar-refractivity contribution is 0.479. The van der Waals surface area contributed by atoms with Gasteiger partial charge in [-0.25, -0.2) is 0 Å². The fraction of sp³-hybridized carbons (Fsp3) is 0.500. The number of aromatic amines is 1. The van der Waals surface area contributed by atoms with E-state index in [1.54, 1.807) is 6.20 Å². The number of piperidine rings is 1. The molecule has 0 bridgehead atoms. The van der Waals surface area contributed by atoms with Gasteiger partial charge in [-0.2, -0.15) is 15.1 Å². The van der Waals surface area contributed by atoms with Crippen molar-refractivity contribution >= 4 is 40.9 Å². The summed E-state index contributed by atoms with van der Waals surface area (Å²) in [7, 11) is 0. The van der Waals surface area contributed by atoms with E-state index in [4.69, 9.17) is 11.6 Å². The average Bonchev–Trinajstić information content (AvgIpc) is 2.78. The van der Waals surface area contributed by atoms with Crippen LogP contribution in [0.2, 0.25) is 5.28 Å². The number of fused-ring (bicyclic) bond motifs is 1. The van der Waals surface area contributed by atoms with Gasteiger partial charge >= 0.3 is 0 Å². The van der Waals surface area contributed by atoms with E-state index in [9.17, 15) is 0 Å². The molecular weight excluding hydrogens is 275 g/mol. The summed E-state index contributed by atoms with van der Waals surface area (Å²) in [5.74, 6) is 0.752. The van der Waals surface area contributed by atoms with Crippen molar-refractivity contribution in [1.82, 2.24) is 25.5 Å². The third-order valence-corrected chi connectivity index (χ3v) is 3.09. The van der Waals surface area contributed by atoms with E-state index in [1.165, 1.54) is 6.42 Å². The summed E-state index contributed by atoms with van der Waals surface area (Å²) >= 11 is 5.87. The van der Waals surface area contributed by atoms with Crippen LogP contribution in [0.1, 0.15) is 12.8 Å². The van der Waals surface area contributed by atoms with Gasteiger partial charge in [0.05, 0.1) is 11.6 Å². The molecule has 0 spiro atoms. The van der Waals surface area contributed by atoms with Crippen molar-refractivity contribution in [3.8, 4) is 0 Å². The van der Waals surface area contributed by atoms with Crippen molar-refractivity contribution in [2.75, 3.05) is 18.4 Å². The molecule has 1 aliphatic heterocycles. The number of hydrogen-bond acceptors (Lipinski definition) is 5. The maximum absolute atomic E-state index is 5.87. The third kappa shape index (κ3) is 2.66. The molecule has 1 atom stereocenters. The first-order valence-corrected chi connectivity index (χ1v) is 6.04. The highest BCUT2D eigenvalue weighted by atomic mass is 35.5. The highest BCUT2D eigenvalue weighted by Crippen LogP contribution is 2.21. The van der Waals surface area contributed by atoms with Crippen molar-refractivity contribution in [2.24, 2.45) is 0 Å². The first-order valence-electron chi connectivity index (χ1n) is 5.67. The minimum absolute atomic E-state index is 0. The largest absolute Gasteiger partial charge is 0.365 e. The van der Waals surface area contributed by atoms with Crippen molar-refractivity contribution in [2.45, 2.75) is 18.9 Å². The molecule has 0 radical (unpaired) electrons. The summed E-state index contributed by atoms with van der Waals surface area (Å²) < 4.78 is 0. The highest BCUT2D eigenvalue weighted by molar-refractivity contribution is 6.28. The lowest BCUT2D eigenvalue weighted by Gasteiger charge is -2.24. The van der Waals surface area contributed by atoms with E-state index < -0.39 is 0 Å². The van der Waals surface area contributed by atoms with Crippen molar-refractivity contribution in [3.63, 3.8) is 0 Å². The second-order valence-corrected chi connectivity index (χ2v) is 4.50. The fourth-order valence-electron chi connectivity index (χ4n) is 2.09. The SMILES string of the molecule is Cl.Clc1nc(N[C@@H]2CCCNC2)c2cn[nH]c2n1. The number of rotatable bonds is 2. The molecule has 2 aromatic rings. The van der Waals surface area contributed by atoms with E-state index in [-0.39, 0.29) is 17.7 Å². The Morgan fingerprint density at radius 3 is 3.06 bits per heavy atom. The van der Waals surface area contributed by atoms with Crippen LogP contribution in [0.15, 0.2) is 6.20 Å². The molecule has 0 saturated carbocycles. The Hall–Kier alpha value is -1.11. The molecule has 3 heterocycles. The zero-order valence-electron chi connectivity index (χ0n) is 9.61. The predicted octanol–water partition coefficient (Wildman–Crippen LogP) is 1.59. The minimum atomic E-state index is 0. The molecule has 18 heavy (non-hydrogen) atoms. The van der Waals surface area contributed by atoms with Crippen molar-refractivity contribution < 1.29 is 0 Å². The molecule has 3 N–H and O–H groups in total. The summed E-state index contributed by atoms with van der Waals surface area (Å²) in [5, 5.41) is 14.6. The Morgan fingerprint density at radius 2 is 2.28 bits per heavy atom. The van der Waals surface area contributed by atoms with Crippen molar-refractivity contribution in [3.05, 3.63) is 11.5 Å². The van der Waals surface area contributed by atoms with Gasteiger partial charge in [0.25, 0.3) is 0 Å². The fourth-order valence-corrected chi connectivity index (χ4v) is 2.26. The quantitative estimate of drug-likeness (QED) is 0.732. The van der Waals surface area contributed by atoms with Crippen molar-refractivity contribution in [1.29, 1.82) is 0 Å². The summed E-state index contributed by atoms with van der Waals surface area (Å²) in [5.41, 5.74) is 0.663. The van der Waals surface area contributed by atoms with Gasteiger partial charge in [0.15, 0.2) is 5.65 Å². The first-order chi connectivity index (χ1) is 8.33. The molecule has 0 aromatic carbocycles. The molecule has 0 aliphatic carbocycles. The second kappa shape index (κ2) is 5.69. The van der Waals surface area contributed by atoms with E-state index in [0.717, 1.165) is 30.7 Å². The Labute approximate surface area is 115 Å². The molecular formula is C10H14Cl2N6. The number of aromatic nitrogens is 4. The van der Waals surface area contributed by atoms with Gasteiger partial charge in [0.1, 0.15) is 5.82 Å². The number of halogens is 2. The Morgan fingerprint density at radius 1 is 1.39 bits per heavy atom. The van der Waals surface area contributed by atoms with Crippen LogP contribution in [-0.4, -0.2) is 39.3 Å². The van der Waals surface area contributed by atoms with Gasteiger partial charge in [-0.15, -0.1) is 12.4 Å². The zero-order chi connectivity index (χ0) is 11.7. The van der Waals surface area contributed by atoms with Crippen LogP contribution in [-0.2, 0) is 0 Å². The van der Waals surface area contributed by atoms with Gasteiger partial charge in [-0.05, 0) is 31.0 Å². The molecule has 0 amide bonds. The summed E-state index contributed by atoms with van der Waals surface area (Å²) in [6, 6.07) is 0.382.